The molecule has 0 aliphatic rings. The van der Waals surface area contributed by atoms with Crippen molar-refractivity contribution < 1.29 is 0 Å². The quantitative estimate of drug-likeness (QED) is 0.530. The van der Waals surface area contributed by atoms with Gasteiger partial charge in [0.15, 0.2) is 0 Å². The Morgan fingerprint density at radius 1 is 1.27 bits per heavy atom. The highest BCUT2D eigenvalue weighted by Gasteiger charge is 2.20. The summed E-state index contributed by atoms with van der Waals surface area (Å²) < 4.78 is 0. The minimum absolute atomic E-state index is 1.13. The van der Waals surface area contributed by atoms with Gasteiger partial charge in [0.1, 0.15) is 0 Å². The Bertz CT molecular complexity index is 357. The van der Waals surface area contributed by atoms with Gasteiger partial charge in [0.2, 0.25) is 0 Å². The number of benzene rings is 1. The van der Waals surface area contributed by atoms with E-state index >= 15 is 0 Å². The molecule has 1 aromatic carbocycles. The van der Waals surface area contributed by atoms with Crippen molar-refractivity contribution in [2.24, 2.45) is 0 Å². The van der Waals surface area contributed by atoms with Gasteiger partial charge in [-0.05, 0) is 18.5 Å². The Hall–Kier alpha value is -1.08. The molecule has 0 saturated carbocycles. The zero-order valence-electron chi connectivity index (χ0n) is 10.0. The van der Waals surface area contributed by atoms with Crippen molar-refractivity contribution in [2.45, 2.75) is 26.1 Å². The fraction of sp³-hybridized carbons (Fsp3) is 0.286. The molecule has 0 aliphatic carbocycles. The van der Waals surface area contributed by atoms with Crippen LogP contribution in [0.3, 0.4) is 0 Å². The molecule has 0 atom stereocenters. The third-order valence-electron chi connectivity index (χ3n) is 2.81. The van der Waals surface area contributed by atoms with Gasteiger partial charge in [0.05, 0.1) is 8.07 Å². The zero-order chi connectivity index (χ0) is 11.5. The van der Waals surface area contributed by atoms with Crippen LogP contribution in [0.5, 0.6) is 0 Å². The minimum Gasteiger partial charge on any atom is -0.103 e. The highest BCUT2D eigenvalue weighted by Crippen LogP contribution is 2.14. The summed E-state index contributed by atoms with van der Waals surface area (Å²) in [6.07, 6.45) is 2.04. The first kappa shape index (κ1) is 12.0. The van der Waals surface area contributed by atoms with E-state index in [1.807, 2.05) is 13.0 Å². The van der Waals surface area contributed by atoms with E-state index < -0.39 is 8.07 Å². The lowest BCUT2D eigenvalue weighted by molar-refractivity contribution is 1.53. The standard InChI is InChI=1S/C14H20Si/c1-6-11-15(4,5)14-9-7-13(8-10-14)12(2)3/h6-10H,1-2,11H2,3-5H3. The largest absolute Gasteiger partial charge is 0.103 e. The maximum Gasteiger partial charge on any atom is 0.0843 e. The SMILES string of the molecule is C=CC[Si](C)(C)c1ccc(C(=C)C)cc1. The van der Waals surface area contributed by atoms with Crippen molar-refractivity contribution in [1.29, 1.82) is 0 Å². The van der Waals surface area contributed by atoms with Crippen LogP contribution in [0.4, 0.5) is 0 Å². The first-order valence-corrected chi connectivity index (χ1v) is 8.55. The van der Waals surface area contributed by atoms with Gasteiger partial charge in [-0.1, -0.05) is 60.8 Å². The van der Waals surface area contributed by atoms with E-state index in [-0.39, 0.29) is 0 Å². The van der Waals surface area contributed by atoms with Crippen LogP contribution in [-0.4, -0.2) is 8.07 Å². The van der Waals surface area contributed by atoms with Crippen molar-refractivity contribution in [1.82, 2.24) is 0 Å². The second-order valence-corrected chi connectivity index (χ2v) is 9.49. The summed E-state index contributed by atoms with van der Waals surface area (Å²) in [5.41, 5.74) is 2.37. The Balaban J connectivity index is 2.97. The Morgan fingerprint density at radius 3 is 2.20 bits per heavy atom. The second kappa shape index (κ2) is 4.62. The van der Waals surface area contributed by atoms with Gasteiger partial charge in [-0.3, -0.25) is 0 Å². The average molecular weight is 216 g/mol. The Morgan fingerprint density at radius 2 is 1.80 bits per heavy atom. The first-order chi connectivity index (χ1) is 6.97. The first-order valence-electron chi connectivity index (χ1n) is 5.34. The molecular formula is C14H20Si. The van der Waals surface area contributed by atoms with Crippen LogP contribution < -0.4 is 5.19 Å². The molecule has 0 bridgehead atoms. The number of hydrogen-bond acceptors (Lipinski definition) is 0. The summed E-state index contributed by atoms with van der Waals surface area (Å²) >= 11 is 0. The summed E-state index contributed by atoms with van der Waals surface area (Å²) in [5.74, 6) is 0. The van der Waals surface area contributed by atoms with E-state index in [1.165, 1.54) is 10.8 Å². The normalized spacial score (nSPS) is 11.1. The highest BCUT2D eigenvalue weighted by molar-refractivity contribution is 6.90. The summed E-state index contributed by atoms with van der Waals surface area (Å²) in [6, 6.07) is 9.99. The maximum absolute atomic E-state index is 3.95. The minimum atomic E-state index is -1.28. The van der Waals surface area contributed by atoms with Crippen molar-refractivity contribution in [3.8, 4) is 0 Å². The fourth-order valence-electron chi connectivity index (χ4n) is 1.68. The molecule has 0 fully saturated rings. The molecule has 0 saturated heterocycles. The van der Waals surface area contributed by atoms with Crippen molar-refractivity contribution in [3.05, 3.63) is 49.1 Å². The van der Waals surface area contributed by atoms with Crippen LogP contribution in [0, 0.1) is 0 Å². The molecule has 0 unspecified atom stereocenters. The summed E-state index contributed by atoms with van der Waals surface area (Å²) in [4.78, 5) is 0. The van der Waals surface area contributed by atoms with Crippen LogP contribution in [0.15, 0.2) is 43.5 Å². The molecule has 0 radical (unpaired) electrons. The monoisotopic (exact) mass is 216 g/mol. The van der Waals surface area contributed by atoms with Gasteiger partial charge in [0, 0.05) is 0 Å². The molecule has 80 valence electrons. The number of rotatable bonds is 4. The molecule has 0 heterocycles. The average Bonchev–Trinajstić information content (AvgIpc) is 2.18. The molecule has 0 N–H and O–H groups in total. The van der Waals surface area contributed by atoms with E-state index in [2.05, 4.69) is 50.5 Å². The second-order valence-electron chi connectivity index (χ2n) is 4.73. The van der Waals surface area contributed by atoms with E-state index in [0.717, 1.165) is 11.6 Å². The Labute approximate surface area is 94.4 Å². The van der Waals surface area contributed by atoms with Crippen LogP contribution in [0.25, 0.3) is 5.57 Å². The van der Waals surface area contributed by atoms with Gasteiger partial charge in [-0.2, -0.15) is 0 Å². The van der Waals surface area contributed by atoms with Crippen LogP contribution >= 0.6 is 0 Å². The van der Waals surface area contributed by atoms with E-state index in [1.54, 1.807) is 0 Å². The van der Waals surface area contributed by atoms with Crippen molar-refractivity contribution in [3.63, 3.8) is 0 Å². The lowest BCUT2D eigenvalue weighted by Gasteiger charge is -2.21. The molecule has 0 aliphatic heterocycles. The van der Waals surface area contributed by atoms with Gasteiger partial charge in [-0.15, -0.1) is 6.58 Å². The molecule has 1 heteroatoms. The molecule has 0 spiro atoms. The lowest BCUT2D eigenvalue weighted by Crippen LogP contribution is -2.40. The van der Waals surface area contributed by atoms with Crippen molar-refractivity contribution in [2.75, 3.05) is 0 Å². The molecule has 15 heavy (non-hydrogen) atoms. The molecule has 1 rings (SSSR count). The van der Waals surface area contributed by atoms with Crippen LogP contribution in [-0.2, 0) is 0 Å². The third kappa shape index (κ3) is 2.93. The topological polar surface area (TPSA) is 0 Å². The molecule has 1 aromatic rings. The van der Waals surface area contributed by atoms with Gasteiger partial charge < -0.3 is 0 Å². The molecular weight excluding hydrogens is 196 g/mol. The highest BCUT2D eigenvalue weighted by atomic mass is 28.3. The molecule has 0 nitrogen and oxygen atoms in total. The zero-order valence-corrected chi connectivity index (χ0v) is 11.0. The van der Waals surface area contributed by atoms with E-state index in [9.17, 15) is 0 Å². The van der Waals surface area contributed by atoms with Gasteiger partial charge >= 0.3 is 0 Å². The molecule has 0 amide bonds. The number of allylic oxidation sites excluding steroid dienone is 2. The van der Waals surface area contributed by atoms with Gasteiger partial charge in [-0.25, -0.2) is 0 Å². The fourth-order valence-corrected chi connectivity index (χ4v) is 3.71. The summed E-state index contributed by atoms with van der Waals surface area (Å²) in [6.45, 7) is 14.6. The van der Waals surface area contributed by atoms with E-state index in [0.29, 0.717) is 0 Å². The lowest BCUT2D eigenvalue weighted by atomic mass is 10.1. The van der Waals surface area contributed by atoms with Crippen LogP contribution in [0.2, 0.25) is 19.1 Å². The maximum atomic E-state index is 3.95. The smallest absolute Gasteiger partial charge is 0.0843 e. The Kier molecular flexibility index (Phi) is 3.70. The van der Waals surface area contributed by atoms with Gasteiger partial charge in [0.25, 0.3) is 0 Å². The number of hydrogen-bond donors (Lipinski definition) is 0. The summed E-state index contributed by atoms with van der Waals surface area (Å²) in [5, 5.41) is 1.49. The van der Waals surface area contributed by atoms with E-state index in [4.69, 9.17) is 0 Å². The van der Waals surface area contributed by atoms with Crippen molar-refractivity contribution >= 4 is 18.8 Å². The predicted molar refractivity (Wildman–Crippen MR) is 73.3 cm³/mol. The predicted octanol–water partition coefficient (Wildman–Crippen LogP) is 3.82. The van der Waals surface area contributed by atoms with Crippen LogP contribution in [0.1, 0.15) is 12.5 Å². The molecule has 0 aromatic heterocycles. The summed E-state index contributed by atoms with van der Waals surface area (Å²) in [7, 11) is -1.28. The third-order valence-corrected chi connectivity index (χ3v) is 6.02.